The Hall–Kier alpha value is -2.41. The number of hydrogen-bond acceptors (Lipinski definition) is 7. The summed E-state index contributed by atoms with van der Waals surface area (Å²) in [6.07, 6.45) is 1.69. The average Bonchev–Trinajstić information content (AvgIpc) is 3.09. The molecule has 3 rings (SSSR count). The summed E-state index contributed by atoms with van der Waals surface area (Å²) < 4.78 is 10.6. The molecule has 0 atom stereocenters. The normalized spacial score (nSPS) is 10.5. The van der Waals surface area contributed by atoms with Crippen LogP contribution in [-0.2, 0) is 6.61 Å². The molecule has 0 saturated carbocycles. The van der Waals surface area contributed by atoms with Crippen molar-refractivity contribution in [2.24, 2.45) is 0 Å². The molecule has 0 aliphatic rings. The summed E-state index contributed by atoms with van der Waals surface area (Å²) >= 11 is 1.45. The van der Waals surface area contributed by atoms with E-state index < -0.39 is 0 Å². The first-order valence-corrected chi connectivity index (χ1v) is 6.39. The van der Waals surface area contributed by atoms with Crippen LogP contribution in [0.3, 0.4) is 0 Å². The Labute approximate surface area is 112 Å². The van der Waals surface area contributed by atoms with Crippen LogP contribution in [0.5, 0.6) is 5.75 Å². The van der Waals surface area contributed by atoms with Crippen molar-refractivity contribution in [2.75, 3.05) is 5.73 Å². The number of anilines is 1. The van der Waals surface area contributed by atoms with E-state index >= 15 is 0 Å². The van der Waals surface area contributed by atoms with Crippen LogP contribution >= 0.6 is 11.3 Å². The molecule has 2 heterocycles. The third-order valence-electron chi connectivity index (χ3n) is 2.39. The molecule has 1 aromatic carbocycles. The van der Waals surface area contributed by atoms with Crippen LogP contribution in [0.25, 0.3) is 10.7 Å². The molecule has 7 heteroatoms. The Morgan fingerprint density at radius 1 is 1.32 bits per heavy atom. The number of nitrogen functional groups attached to an aromatic ring is 1. The van der Waals surface area contributed by atoms with Gasteiger partial charge in [-0.3, -0.25) is 4.98 Å². The van der Waals surface area contributed by atoms with Gasteiger partial charge in [-0.25, -0.2) is 0 Å². The van der Waals surface area contributed by atoms with E-state index in [0.29, 0.717) is 23.2 Å². The molecule has 0 amide bonds. The summed E-state index contributed by atoms with van der Waals surface area (Å²) in [4.78, 5) is 9.04. The monoisotopic (exact) mass is 274 g/mol. The van der Waals surface area contributed by atoms with Crippen LogP contribution in [0.1, 0.15) is 5.89 Å². The van der Waals surface area contributed by atoms with Crippen molar-refractivity contribution in [3.05, 3.63) is 41.9 Å². The number of aromatic nitrogens is 3. The van der Waals surface area contributed by atoms with Gasteiger partial charge in [0.1, 0.15) is 5.75 Å². The quantitative estimate of drug-likeness (QED) is 0.735. The lowest BCUT2D eigenvalue weighted by Gasteiger charge is -2.05. The van der Waals surface area contributed by atoms with E-state index in [4.69, 9.17) is 15.0 Å². The number of hydrogen-bond donors (Lipinski definition) is 1. The van der Waals surface area contributed by atoms with Gasteiger partial charge >= 0.3 is 0 Å². The smallest absolute Gasteiger partial charge is 0.264 e. The van der Waals surface area contributed by atoms with E-state index in [9.17, 15) is 0 Å². The first-order valence-electron chi connectivity index (χ1n) is 5.51. The second-order valence-electron chi connectivity index (χ2n) is 3.70. The highest BCUT2D eigenvalue weighted by Gasteiger charge is 2.10. The third kappa shape index (κ3) is 2.55. The van der Waals surface area contributed by atoms with Gasteiger partial charge in [-0.2, -0.15) is 4.98 Å². The molecule has 0 radical (unpaired) electrons. The minimum absolute atomic E-state index is 0.181. The van der Waals surface area contributed by atoms with Crippen LogP contribution in [0.15, 0.2) is 40.5 Å². The van der Waals surface area contributed by atoms with Crippen LogP contribution in [0.4, 0.5) is 5.69 Å². The minimum Gasteiger partial charge on any atom is -0.482 e. The molecular formula is C12H10N4O2S. The van der Waals surface area contributed by atoms with Gasteiger partial charge in [0, 0.05) is 6.20 Å². The summed E-state index contributed by atoms with van der Waals surface area (Å²) in [5.74, 6) is 1.51. The highest BCUT2D eigenvalue weighted by Crippen LogP contribution is 2.22. The van der Waals surface area contributed by atoms with Crippen molar-refractivity contribution in [3.8, 4) is 16.5 Å². The van der Waals surface area contributed by atoms with E-state index in [1.54, 1.807) is 23.8 Å². The lowest BCUT2D eigenvalue weighted by Crippen LogP contribution is -1.98. The fraction of sp³-hybridized carbons (Fsp3) is 0.0833. The first kappa shape index (κ1) is 11.7. The molecule has 6 nitrogen and oxygen atoms in total. The zero-order chi connectivity index (χ0) is 13.1. The van der Waals surface area contributed by atoms with Crippen molar-refractivity contribution in [2.45, 2.75) is 6.61 Å². The molecule has 2 aromatic heterocycles. The van der Waals surface area contributed by atoms with Gasteiger partial charge in [0.05, 0.1) is 16.1 Å². The molecule has 0 saturated heterocycles. The van der Waals surface area contributed by atoms with E-state index in [0.717, 1.165) is 4.88 Å². The topological polar surface area (TPSA) is 87.1 Å². The Morgan fingerprint density at radius 3 is 3.00 bits per heavy atom. The Morgan fingerprint density at radius 2 is 2.21 bits per heavy atom. The molecule has 19 heavy (non-hydrogen) atoms. The number of ether oxygens (including phenoxy) is 1. The summed E-state index contributed by atoms with van der Waals surface area (Å²) in [5, 5.41) is 3.87. The summed E-state index contributed by atoms with van der Waals surface area (Å²) in [6.45, 7) is 0.181. The van der Waals surface area contributed by atoms with E-state index in [2.05, 4.69) is 15.1 Å². The highest BCUT2D eigenvalue weighted by atomic mass is 32.1. The standard InChI is InChI=1S/C12H10N4O2S/c13-8-3-1-2-4-9(8)17-6-11-15-12(16-18-11)10-5-14-7-19-10/h1-5,7H,6,13H2. The van der Waals surface area contributed by atoms with Gasteiger partial charge in [-0.15, -0.1) is 11.3 Å². The second kappa shape index (κ2) is 5.07. The van der Waals surface area contributed by atoms with E-state index in [-0.39, 0.29) is 6.61 Å². The lowest BCUT2D eigenvalue weighted by molar-refractivity contribution is 0.244. The van der Waals surface area contributed by atoms with Gasteiger partial charge in [-0.05, 0) is 12.1 Å². The van der Waals surface area contributed by atoms with Gasteiger partial charge in [0.2, 0.25) is 5.82 Å². The molecular weight excluding hydrogens is 264 g/mol. The van der Waals surface area contributed by atoms with Gasteiger partial charge in [0.25, 0.3) is 5.89 Å². The molecule has 3 aromatic rings. The molecule has 0 aliphatic carbocycles. The van der Waals surface area contributed by atoms with Gasteiger partial charge in [0.15, 0.2) is 6.61 Å². The van der Waals surface area contributed by atoms with Gasteiger partial charge < -0.3 is 15.0 Å². The van der Waals surface area contributed by atoms with Crippen molar-refractivity contribution in [3.63, 3.8) is 0 Å². The predicted molar refractivity (Wildman–Crippen MR) is 70.6 cm³/mol. The number of nitrogens with zero attached hydrogens (tertiary/aromatic N) is 3. The Balaban J connectivity index is 1.70. The maximum Gasteiger partial charge on any atom is 0.264 e. The molecule has 0 fully saturated rings. The van der Waals surface area contributed by atoms with Crippen LogP contribution in [0, 0.1) is 0 Å². The molecule has 0 spiro atoms. The van der Waals surface area contributed by atoms with Crippen LogP contribution in [-0.4, -0.2) is 15.1 Å². The van der Waals surface area contributed by atoms with Crippen molar-refractivity contribution >= 4 is 17.0 Å². The SMILES string of the molecule is Nc1ccccc1OCc1nc(-c2cncs2)no1. The number of benzene rings is 1. The number of nitrogens with two attached hydrogens (primary N) is 1. The zero-order valence-corrected chi connectivity index (χ0v) is 10.6. The highest BCUT2D eigenvalue weighted by molar-refractivity contribution is 7.13. The zero-order valence-electron chi connectivity index (χ0n) is 9.81. The summed E-state index contributed by atoms with van der Waals surface area (Å²) in [7, 11) is 0. The molecule has 0 bridgehead atoms. The lowest BCUT2D eigenvalue weighted by atomic mass is 10.3. The van der Waals surface area contributed by atoms with E-state index in [1.165, 1.54) is 11.3 Å². The Bertz CT molecular complexity index is 666. The maximum atomic E-state index is 5.77. The van der Waals surface area contributed by atoms with Crippen LogP contribution < -0.4 is 10.5 Å². The molecule has 0 aliphatic heterocycles. The molecule has 2 N–H and O–H groups in total. The largest absolute Gasteiger partial charge is 0.482 e. The number of para-hydroxylation sites is 2. The summed E-state index contributed by atoms with van der Waals surface area (Å²) in [5.41, 5.74) is 8.06. The van der Waals surface area contributed by atoms with Crippen molar-refractivity contribution in [1.82, 2.24) is 15.1 Å². The number of rotatable bonds is 4. The second-order valence-corrected chi connectivity index (χ2v) is 4.59. The van der Waals surface area contributed by atoms with Crippen molar-refractivity contribution in [1.29, 1.82) is 0 Å². The fourth-order valence-electron chi connectivity index (χ4n) is 1.49. The van der Waals surface area contributed by atoms with Crippen molar-refractivity contribution < 1.29 is 9.26 Å². The molecule has 0 unspecified atom stereocenters. The minimum atomic E-state index is 0.181. The summed E-state index contributed by atoms with van der Waals surface area (Å²) in [6, 6.07) is 7.25. The maximum absolute atomic E-state index is 5.77. The Kier molecular flexibility index (Phi) is 3.11. The van der Waals surface area contributed by atoms with E-state index in [1.807, 2.05) is 12.1 Å². The molecule has 96 valence electrons. The van der Waals surface area contributed by atoms with Gasteiger partial charge in [-0.1, -0.05) is 17.3 Å². The third-order valence-corrected chi connectivity index (χ3v) is 3.16. The fourth-order valence-corrected chi connectivity index (χ4v) is 2.04. The first-order chi connectivity index (χ1) is 9.33. The predicted octanol–water partition coefficient (Wildman–Crippen LogP) is 2.35. The number of thiazole rings is 1. The average molecular weight is 274 g/mol. The van der Waals surface area contributed by atoms with Crippen LogP contribution in [0.2, 0.25) is 0 Å².